The zero-order valence-corrected chi connectivity index (χ0v) is 11.0. The van der Waals surface area contributed by atoms with Crippen LogP contribution in [-0.2, 0) is 0 Å². The molecule has 0 radical (unpaired) electrons. The average molecular weight is 319 g/mol. The summed E-state index contributed by atoms with van der Waals surface area (Å²) in [6.45, 7) is 5.42. The van der Waals surface area contributed by atoms with E-state index in [2.05, 4.69) is 29.1 Å². The third-order valence-corrected chi connectivity index (χ3v) is 4.03. The summed E-state index contributed by atoms with van der Waals surface area (Å²) in [5, 5.41) is 3.23. The van der Waals surface area contributed by atoms with Crippen molar-refractivity contribution in [2.24, 2.45) is 11.3 Å². The lowest BCUT2D eigenvalue weighted by atomic mass is 10.1. The number of aromatic nitrogens is 2. The molecule has 0 bridgehead atoms. The smallest absolute Gasteiger partial charge is 0.266 e. The third-order valence-electron chi connectivity index (χ3n) is 3.03. The summed E-state index contributed by atoms with van der Waals surface area (Å²) in [7, 11) is 0. The Morgan fingerprint density at radius 1 is 1.73 bits per heavy atom. The van der Waals surface area contributed by atoms with Crippen LogP contribution >= 0.6 is 22.6 Å². The number of H-pyrrole nitrogens is 1. The van der Waals surface area contributed by atoms with Crippen molar-refractivity contribution in [2.45, 2.75) is 20.3 Å². The highest BCUT2D eigenvalue weighted by Crippen LogP contribution is 2.51. The van der Waals surface area contributed by atoms with Crippen molar-refractivity contribution in [1.29, 1.82) is 0 Å². The molecule has 0 saturated heterocycles. The summed E-state index contributed by atoms with van der Waals surface area (Å²) in [6, 6.07) is 0. The molecule has 1 unspecified atom stereocenters. The molecular weight excluding hydrogens is 305 g/mol. The van der Waals surface area contributed by atoms with Gasteiger partial charge >= 0.3 is 0 Å². The fourth-order valence-electron chi connectivity index (χ4n) is 1.65. The third kappa shape index (κ3) is 2.32. The molecule has 1 heterocycles. The van der Waals surface area contributed by atoms with E-state index in [4.69, 9.17) is 0 Å². The van der Waals surface area contributed by atoms with Gasteiger partial charge in [0.1, 0.15) is 9.39 Å². The Labute approximate surface area is 102 Å². The lowest BCUT2D eigenvalue weighted by molar-refractivity contribution is 0.572. The molecule has 1 saturated carbocycles. The van der Waals surface area contributed by atoms with Crippen LogP contribution in [0.15, 0.2) is 11.1 Å². The standard InChI is InChI=1S/C10H14IN3O/c1-10(2)3-6(10)4-12-8-7(11)9(15)14-5-13-8/h5-6H,3-4H2,1-2H3,(H2,12,13,14,15). The summed E-state index contributed by atoms with van der Waals surface area (Å²) in [4.78, 5) is 17.9. The minimum Gasteiger partial charge on any atom is -0.369 e. The van der Waals surface area contributed by atoms with Gasteiger partial charge in [0, 0.05) is 6.54 Å². The van der Waals surface area contributed by atoms with Crippen LogP contribution in [0.5, 0.6) is 0 Å². The van der Waals surface area contributed by atoms with Gasteiger partial charge in [0.2, 0.25) is 0 Å². The van der Waals surface area contributed by atoms with Gasteiger partial charge in [0.15, 0.2) is 0 Å². The van der Waals surface area contributed by atoms with Crippen molar-refractivity contribution in [3.63, 3.8) is 0 Å². The normalized spacial score (nSPS) is 22.5. The predicted molar refractivity (Wildman–Crippen MR) is 68.0 cm³/mol. The zero-order chi connectivity index (χ0) is 11.1. The molecule has 2 rings (SSSR count). The fraction of sp³-hybridized carbons (Fsp3) is 0.600. The molecule has 5 heteroatoms. The van der Waals surface area contributed by atoms with Crippen molar-refractivity contribution in [2.75, 3.05) is 11.9 Å². The molecule has 1 aliphatic carbocycles. The first-order valence-electron chi connectivity index (χ1n) is 4.98. The summed E-state index contributed by atoms with van der Waals surface area (Å²) < 4.78 is 0.633. The number of nitrogens with zero attached hydrogens (tertiary/aromatic N) is 1. The highest BCUT2D eigenvalue weighted by molar-refractivity contribution is 14.1. The zero-order valence-electron chi connectivity index (χ0n) is 8.80. The average Bonchev–Trinajstić information content (AvgIpc) is 2.77. The first-order valence-corrected chi connectivity index (χ1v) is 6.05. The van der Waals surface area contributed by atoms with Gasteiger partial charge in [-0.15, -0.1) is 0 Å². The van der Waals surface area contributed by atoms with Crippen molar-refractivity contribution >= 4 is 28.4 Å². The minimum absolute atomic E-state index is 0.0804. The van der Waals surface area contributed by atoms with Crippen molar-refractivity contribution in [3.05, 3.63) is 20.3 Å². The molecule has 1 aromatic rings. The lowest BCUT2D eigenvalue weighted by Gasteiger charge is -2.07. The monoisotopic (exact) mass is 319 g/mol. The van der Waals surface area contributed by atoms with Gasteiger partial charge in [-0.3, -0.25) is 4.79 Å². The van der Waals surface area contributed by atoms with E-state index >= 15 is 0 Å². The molecule has 0 aliphatic heterocycles. The maximum atomic E-state index is 11.3. The highest BCUT2D eigenvalue weighted by Gasteiger charge is 2.45. The molecule has 82 valence electrons. The van der Waals surface area contributed by atoms with Gasteiger partial charge in [-0.1, -0.05) is 13.8 Å². The second-order valence-electron chi connectivity index (χ2n) is 4.66. The quantitative estimate of drug-likeness (QED) is 0.836. The van der Waals surface area contributed by atoms with E-state index in [0.717, 1.165) is 6.54 Å². The molecule has 0 spiro atoms. The van der Waals surface area contributed by atoms with Crippen LogP contribution in [0.2, 0.25) is 0 Å². The highest BCUT2D eigenvalue weighted by atomic mass is 127. The Balaban J connectivity index is 2.00. The van der Waals surface area contributed by atoms with Gasteiger partial charge in [0.25, 0.3) is 5.56 Å². The number of aromatic amines is 1. The molecule has 15 heavy (non-hydrogen) atoms. The Morgan fingerprint density at radius 3 is 3.00 bits per heavy atom. The van der Waals surface area contributed by atoms with E-state index in [9.17, 15) is 4.79 Å². The van der Waals surface area contributed by atoms with E-state index in [1.807, 2.05) is 22.6 Å². The summed E-state index contributed by atoms with van der Waals surface area (Å²) in [5.41, 5.74) is 0.378. The number of halogens is 1. The van der Waals surface area contributed by atoms with Crippen LogP contribution in [0.3, 0.4) is 0 Å². The van der Waals surface area contributed by atoms with Crippen LogP contribution in [0.4, 0.5) is 5.82 Å². The molecule has 0 amide bonds. The first kappa shape index (κ1) is 10.9. The van der Waals surface area contributed by atoms with Gasteiger partial charge in [-0.25, -0.2) is 4.98 Å². The van der Waals surface area contributed by atoms with Gasteiger partial charge in [-0.2, -0.15) is 0 Å². The van der Waals surface area contributed by atoms with Crippen LogP contribution in [0.25, 0.3) is 0 Å². The number of anilines is 1. The van der Waals surface area contributed by atoms with E-state index in [-0.39, 0.29) is 5.56 Å². The van der Waals surface area contributed by atoms with Crippen LogP contribution in [-0.4, -0.2) is 16.5 Å². The molecule has 0 aromatic carbocycles. The maximum Gasteiger partial charge on any atom is 0.266 e. The topological polar surface area (TPSA) is 57.8 Å². The second-order valence-corrected chi connectivity index (χ2v) is 5.74. The number of hydrogen-bond donors (Lipinski definition) is 2. The van der Waals surface area contributed by atoms with E-state index in [0.29, 0.717) is 20.7 Å². The van der Waals surface area contributed by atoms with Crippen LogP contribution in [0.1, 0.15) is 20.3 Å². The van der Waals surface area contributed by atoms with Crippen molar-refractivity contribution in [3.8, 4) is 0 Å². The molecule has 1 aromatic heterocycles. The summed E-state index contributed by atoms with van der Waals surface area (Å²) in [6.07, 6.45) is 2.69. The van der Waals surface area contributed by atoms with Gasteiger partial charge in [-0.05, 0) is 40.3 Å². The summed E-state index contributed by atoms with van der Waals surface area (Å²) >= 11 is 2.01. The Bertz CT molecular complexity index is 427. The van der Waals surface area contributed by atoms with Crippen LogP contribution in [0, 0.1) is 14.9 Å². The SMILES string of the molecule is CC1(C)CC1CNc1nc[nH]c(=O)c1I. The van der Waals surface area contributed by atoms with E-state index in [1.54, 1.807) is 0 Å². The van der Waals surface area contributed by atoms with Crippen molar-refractivity contribution in [1.82, 2.24) is 9.97 Å². The molecule has 2 N–H and O–H groups in total. The minimum atomic E-state index is -0.0804. The van der Waals surface area contributed by atoms with E-state index < -0.39 is 0 Å². The van der Waals surface area contributed by atoms with Crippen molar-refractivity contribution < 1.29 is 0 Å². The van der Waals surface area contributed by atoms with Gasteiger partial charge in [0.05, 0.1) is 6.33 Å². The fourth-order valence-corrected chi connectivity index (χ4v) is 2.14. The first-order chi connectivity index (χ1) is 7.00. The number of nitrogens with one attached hydrogen (secondary N) is 2. The molecule has 4 nitrogen and oxygen atoms in total. The molecule has 1 aliphatic rings. The largest absolute Gasteiger partial charge is 0.369 e. The molecular formula is C10H14IN3O. The number of hydrogen-bond acceptors (Lipinski definition) is 3. The van der Waals surface area contributed by atoms with Gasteiger partial charge < -0.3 is 10.3 Å². The summed E-state index contributed by atoms with van der Waals surface area (Å²) in [5.74, 6) is 1.40. The second kappa shape index (κ2) is 3.77. The predicted octanol–water partition coefficient (Wildman–Crippen LogP) is 1.83. The Hall–Kier alpha value is -0.590. The Morgan fingerprint density at radius 2 is 2.40 bits per heavy atom. The lowest BCUT2D eigenvalue weighted by Crippen LogP contribution is -2.16. The number of rotatable bonds is 3. The van der Waals surface area contributed by atoms with Crippen LogP contribution < -0.4 is 10.9 Å². The van der Waals surface area contributed by atoms with E-state index in [1.165, 1.54) is 12.7 Å². The Kier molecular flexibility index (Phi) is 2.74. The maximum absolute atomic E-state index is 11.3. The molecule has 1 fully saturated rings. The molecule has 1 atom stereocenters.